The molecular weight excluding hydrogens is 275 g/mol. The van der Waals surface area contributed by atoms with Gasteiger partial charge in [0.15, 0.2) is 0 Å². The van der Waals surface area contributed by atoms with E-state index in [1.54, 1.807) is 21.9 Å². The van der Waals surface area contributed by atoms with Gasteiger partial charge in [0.05, 0.1) is 12.1 Å². The van der Waals surface area contributed by atoms with Crippen LogP contribution in [0.2, 0.25) is 0 Å². The van der Waals surface area contributed by atoms with Gasteiger partial charge in [0.1, 0.15) is 12.4 Å². The van der Waals surface area contributed by atoms with Gasteiger partial charge in [-0.15, -0.1) is 0 Å². The molecule has 1 aromatic carbocycles. The molecule has 0 atom stereocenters. The minimum Gasteiger partial charge on any atom is -0.448 e. The fourth-order valence-electron chi connectivity index (χ4n) is 2.92. The van der Waals surface area contributed by atoms with Gasteiger partial charge in [-0.1, -0.05) is 12.1 Å². The number of rotatable bonds is 2. The number of carbonyl (C=O) groups is 2. The van der Waals surface area contributed by atoms with Gasteiger partial charge in [0.25, 0.3) is 5.91 Å². The number of likely N-dealkylation sites (tertiary alicyclic amines) is 1. The van der Waals surface area contributed by atoms with E-state index in [0.717, 1.165) is 0 Å². The number of nitrogens with zero attached hydrogens (tertiary/aromatic N) is 2. The van der Waals surface area contributed by atoms with Gasteiger partial charge in [-0.25, -0.2) is 9.18 Å². The van der Waals surface area contributed by atoms with E-state index in [4.69, 9.17) is 4.74 Å². The molecule has 2 aliphatic rings. The first kappa shape index (κ1) is 13.9. The van der Waals surface area contributed by atoms with Crippen molar-refractivity contribution in [2.45, 2.75) is 18.9 Å². The van der Waals surface area contributed by atoms with Crippen LogP contribution in [0.1, 0.15) is 23.2 Å². The topological polar surface area (TPSA) is 49.9 Å². The number of cyclic esters (lactones) is 1. The molecule has 21 heavy (non-hydrogen) atoms. The van der Waals surface area contributed by atoms with Crippen molar-refractivity contribution in [3.63, 3.8) is 0 Å². The normalized spacial score (nSPS) is 19.8. The van der Waals surface area contributed by atoms with Gasteiger partial charge < -0.3 is 14.5 Å². The van der Waals surface area contributed by atoms with Crippen molar-refractivity contribution in [3.05, 3.63) is 35.6 Å². The summed E-state index contributed by atoms with van der Waals surface area (Å²) < 4.78 is 18.6. The Bertz CT molecular complexity index is 556. The number of benzene rings is 1. The van der Waals surface area contributed by atoms with E-state index < -0.39 is 5.82 Å². The Kier molecular flexibility index (Phi) is 3.77. The van der Waals surface area contributed by atoms with Crippen LogP contribution in [0.3, 0.4) is 0 Å². The summed E-state index contributed by atoms with van der Waals surface area (Å²) in [5, 5.41) is 0. The number of carbonyl (C=O) groups excluding carboxylic acids is 2. The van der Waals surface area contributed by atoms with Crippen molar-refractivity contribution in [2.75, 3.05) is 26.2 Å². The molecule has 0 spiro atoms. The standard InChI is InChI=1S/C15H17FN2O3/c16-13-4-2-1-3-12(13)14(19)17-7-5-11(6-8-17)18-9-10-21-15(18)20/h1-4,11H,5-10H2. The lowest BCUT2D eigenvalue weighted by atomic mass is 10.0. The number of hydrogen-bond acceptors (Lipinski definition) is 3. The molecule has 112 valence electrons. The Morgan fingerprint density at radius 3 is 2.52 bits per heavy atom. The Labute approximate surface area is 122 Å². The van der Waals surface area contributed by atoms with Crippen LogP contribution >= 0.6 is 0 Å². The highest BCUT2D eigenvalue weighted by atomic mass is 19.1. The van der Waals surface area contributed by atoms with Crippen molar-refractivity contribution in [1.29, 1.82) is 0 Å². The molecule has 0 radical (unpaired) electrons. The second kappa shape index (κ2) is 5.71. The van der Waals surface area contributed by atoms with Crippen molar-refractivity contribution >= 4 is 12.0 Å². The molecule has 2 aliphatic heterocycles. The lowest BCUT2D eigenvalue weighted by Crippen LogP contribution is -2.47. The Morgan fingerprint density at radius 1 is 1.19 bits per heavy atom. The van der Waals surface area contributed by atoms with E-state index in [1.807, 2.05) is 0 Å². The lowest BCUT2D eigenvalue weighted by molar-refractivity contribution is 0.0654. The zero-order valence-electron chi connectivity index (χ0n) is 11.6. The van der Waals surface area contributed by atoms with Gasteiger partial charge in [-0.3, -0.25) is 4.79 Å². The van der Waals surface area contributed by atoms with E-state index in [1.165, 1.54) is 12.1 Å². The third-order valence-electron chi connectivity index (χ3n) is 4.09. The summed E-state index contributed by atoms with van der Waals surface area (Å²) in [5.41, 5.74) is 0.108. The number of halogens is 1. The number of ether oxygens (including phenoxy) is 1. The van der Waals surface area contributed by atoms with E-state index in [2.05, 4.69) is 0 Å². The minimum atomic E-state index is -0.493. The first-order chi connectivity index (χ1) is 10.2. The molecule has 6 heteroatoms. The van der Waals surface area contributed by atoms with Crippen LogP contribution in [0.4, 0.5) is 9.18 Å². The number of piperidine rings is 1. The maximum absolute atomic E-state index is 13.7. The van der Waals surface area contributed by atoms with E-state index in [9.17, 15) is 14.0 Å². The fraction of sp³-hybridized carbons (Fsp3) is 0.467. The summed E-state index contributed by atoms with van der Waals surface area (Å²) in [6.07, 6.45) is 1.14. The highest BCUT2D eigenvalue weighted by molar-refractivity contribution is 5.94. The Hall–Kier alpha value is -2.11. The van der Waals surface area contributed by atoms with Gasteiger partial charge >= 0.3 is 6.09 Å². The lowest BCUT2D eigenvalue weighted by Gasteiger charge is -2.35. The SMILES string of the molecule is O=C(c1ccccc1F)N1CCC(N2CCOC2=O)CC1. The molecule has 2 saturated heterocycles. The van der Waals surface area contributed by atoms with Gasteiger partial charge in [0, 0.05) is 19.1 Å². The first-order valence-electron chi connectivity index (χ1n) is 7.14. The van der Waals surface area contributed by atoms with Crippen LogP contribution in [0, 0.1) is 5.82 Å². The summed E-state index contributed by atoms with van der Waals surface area (Å²) in [6, 6.07) is 6.13. The molecule has 3 rings (SSSR count). The van der Waals surface area contributed by atoms with Crippen molar-refractivity contribution in [2.24, 2.45) is 0 Å². The molecule has 2 amide bonds. The molecule has 2 heterocycles. The predicted molar refractivity (Wildman–Crippen MR) is 73.4 cm³/mol. The van der Waals surface area contributed by atoms with Crippen molar-refractivity contribution < 1.29 is 18.7 Å². The van der Waals surface area contributed by atoms with E-state index >= 15 is 0 Å². The highest BCUT2D eigenvalue weighted by Crippen LogP contribution is 2.21. The maximum Gasteiger partial charge on any atom is 0.410 e. The summed E-state index contributed by atoms with van der Waals surface area (Å²) in [6.45, 7) is 2.11. The summed E-state index contributed by atoms with van der Waals surface area (Å²) >= 11 is 0. The average Bonchev–Trinajstić information content (AvgIpc) is 2.93. The molecule has 2 fully saturated rings. The second-order valence-electron chi connectivity index (χ2n) is 5.31. The molecule has 5 nitrogen and oxygen atoms in total. The Balaban J connectivity index is 1.62. The maximum atomic E-state index is 13.7. The van der Waals surface area contributed by atoms with Gasteiger partial charge in [-0.05, 0) is 25.0 Å². The van der Waals surface area contributed by atoms with Gasteiger partial charge in [0.2, 0.25) is 0 Å². The zero-order chi connectivity index (χ0) is 14.8. The quantitative estimate of drug-likeness (QED) is 0.836. The second-order valence-corrected chi connectivity index (χ2v) is 5.31. The van der Waals surface area contributed by atoms with Crippen molar-refractivity contribution in [1.82, 2.24) is 9.80 Å². The van der Waals surface area contributed by atoms with Crippen LogP contribution in [0.5, 0.6) is 0 Å². The van der Waals surface area contributed by atoms with E-state index in [-0.39, 0.29) is 23.6 Å². The van der Waals surface area contributed by atoms with Crippen molar-refractivity contribution in [3.8, 4) is 0 Å². The zero-order valence-corrected chi connectivity index (χ0v) is 11.6. The average molecular weight is 292 g/mol. The van der Waals surface area contributed by atoms with Crippen LogP contribution in [-0.2, 0) is 4.74 Å². The molecular formula is C15H17FN2O3. The first-order valence-corrected chi connectivity index (χ1v) is 7.14. The van der Waals surface area contributed by atoms with Crippen LogP contribution in [-0.4, -0.2) is 54.1 Å². The fourth-order valence-corrected chi connectivity index (χ4v) is 2.92. The number of amides is 2. The molecule has 0 aliphatic carbocycles. The monoisotopic (exact) mass is 292 g/mol. The largest absolute Gasteiger partial charge is 0.448 e. The molecule has 0 bridgehead atoms. The third-order valence-corrected chi connectivity index (χ3v) is 4.09. The highest BCUT2D eigenvalue weighted by Gasteiger charge is 2.33. The summed E-state index contributed by atoms with van der Waals surface area (Å²) in [7, 11) is 0. The predicted octanol–water partition coefficient (Wildman–Crippen LogP) is 1.88. The van der Waals surface area contributed by atoms with Crippen LogP contribution in [0.15, 0.2) is 24.3 Å². The van der Waals surface area contributed by atoms with Crippen LogP contribution < -0.4 is 0 Å². The molecule has 0 saturated carbocycles. The summed E-state index contributed by atoms with van der Waals surface area (Å²) in [4.78, 5) is 27.2. The third kappa shape index (κ3) is 2.70. The molecule has 0 N–H and O–H groups in total. The summed E-state index contributed by atoms with van der Waals surface area (Å²) in [5.74, 6) is -0.775. The van der Waals surface area contributed by atoms with Gasteiger partial charge in [-0.2, -0.15) is 0 Å². The smallest absolute Gasteiger partial charge is 0.410 e. The molecule has 1 aromatic rings. The number of hydrogen-bond donors (Lipinski definition) is 0. The minimum absolute atomic E-state index is 0.108. The van der Waals surface area contributed by atoms with Crippen LogP contribution in [0.25, 0.3) is 0 Å². The Morgan fingerprint density at radius 2 is 1.90 bits per heavy atom. The molecule has 0 unspecified atom stereocenters. The molecule has 0 aromatic heterocycles. The van der Waals surface area contributed by atoms with E-state index in [0.29, 0.717) is 39.1 Å².